The molecule has 0 aliphatic heterocycles. The van der Waals surface area contributed by atoms with E-state index in [0.29, 0.717) is 22.1 Å². The summed E-state index contributed by atoms with van der Waals surface area (Å²) in [6, 6.07) is 26.2. The van der Waals surface area contributed by atoms with Crippen LogP contribution >= 0.6 is 11.6 Å². The van der Waals surface area contributed by atoms with Gasteiger partial charge >= 0.3 is 0 Å². The SMILES string of the molecule is Oc1c(C=Nc2ccc(Oc3ccccc3Cl)cc2)ccc2ccccc12. The summed E-state index contributed by atoms with van der Waals surface area (Å²) in [5.41, 5.74) is 1.43. The van der Waals surface area contributed by atoms with Crippen LogP contribution in [0.15, 0.2) is 89.9 Å². The molecule has 0 aliphatic carbocycles. The van der Waals surface area contributed by atoms with Gasteiger partial charge in [0.15, 0.2) is 0 Å². The van der Waals surface area contributed by atoms with Gasteiger partial charge in [-0.1, -0.05) is 54.1 Å². The lowest BCUT2D eigenvalue weighted by Gasteiger charge is -2.07. The molecular formula is C23H16ClNO2. The molecule has 4 aromatic carbocycles. The van der Waals surface area contributed by atoms with Gasteiger partial charge in [0, 0.05) is 17.2 Å². The fraction of sp³-hybridized carbons (Fsp3) is 0. The summed E-state index contributed by atoms with van der Waals surface area (Å²) < 4.78 is 5.77. The summed E-state index contributed by atoms with van der Waals surface area (Å²) in [5.74, 6) is 1.52. The van der Waals surface area contributed by atoms with Crippen molar-refractivity contribution >= 4 is 34.3 Å². The minimum atomic E-state index is 0.232. The Morgan fingerprint density at radius 2 is 1.56 bits per heavy atom. The number of benzene rings is 4. The molecule has 0 aromatic heterocycles. The van der Waals surface area contributed by atoms with Crippen LogP contribution in [-0.4, -0.2) is 11.3 Å². The Morgan fingerprint density at radius 3 is 2.37 bits per heavy atom. The van der Waals surface area contributed by atoms with E-state index in [0.717, 1.165) is 16.5 Å². The Balaban J connectivity index is 1.53. The molecule has 0 amide bonds. The number of para-hydroxylation sites is 1. The number of nitrogens with zero attached hydrogens (tertiary/aromatic N) is 1. The molecule has 3 nitrogen and oxygen atoms in total. The number of aromatic hydroxyl groups is 1. The van der Waals surface area contributed by atoms with Crippen LogP contribution in [0, 0.1) is 0 Å². The van der Waals surface area contributed by atoms with Crippen LogP contribution in [0.1, 0.15) is 5.56 Å². The predicted molar refractivity (Wildman–Crippen MR) is 111 cm³/mol. The van der Waals surface area contributed by atoms with Crippen LogP contribution in [0.3, 0.4) is 0 Å². The number of rotatable bonds is 4. The zero-order valence-corrected chi connectivity index (χ0v) is 15.1. The number of fused-ring (bicyclic) bond motifs is 1. The van der Waals surface area contributed by atoms with Crippen LogP contribution in [0.4, 0.5) is 5.69 Å². The Labute approximate surface area is 162 Å². The molecule has 0 unspecified atom stereocenters. The van der Waals surface area contributed by atoms with Gasteiger partial charge in [-0.25, -0.2) is 0 Å². The quantitative estimate of drug-likeness (QED) is 0.402. The number of hydrogen-bond acceptors (Lipinski definition) is 3. The van der Waals surface area contributed by atoms with E-state index in [2.05, 4.69) is 4.99 Å². The molecule has 0 fully saturated rings. The maximum Gasteiger partial charge on any atom is 0.146 e. The van der Waals surface area contributed by atoms with Crippen molar-refractivity contribution in [3.8, 4) is 17.2 Å². The summed E-state index contributed by atoms with van der Waals surface area (Å²) >= 11 is 6.11. The van der Waals surface area contributed by atoms with E-state index in [1.54, 1.807) is 12.3 Å². The van der Waals surface area contributed by atoms with Gasteiger partial charge in [-0.2, -0.15) is 0 Å². The highest BCUT2D eigenvalue weighted by molar-refractivity contribution is 6.32. The van der Waals surface area contributed by atoms with Crippen molar-refractivity contribution in [1.29, 1.82) is 0 Å². The smallest absolute Gasteiger partial charge is 0.146 e. The van der Waals surface area contributed by atoms with E-state index in [4.69, 9.17) is 16.3 Å². The van der Waals surface area contributed by atoms with Crippen LogP contribution in [0.25, 0.3) is 10.8 Å². The van der Waals surface area contributed by atoms with E-state index >= 15 is 0 Å². The number of hydrogen-bond donors (Lipinski definition) is 1. The lowest BCUT2D eigenvalue weighted by Crippen LogP contribution is -1.85. The standard InChI is InChI=1S/C23H16ClNO2/c24-21-7-3-4-8-22(21)27-19-13-11-18(12-14-19)25-15-17-10-9-16-5-1-2-6-20(16)23(17)26/h1-15,26H. The summed E-state index contributed by atoms with van der Waals surface area (Å²) in [5, 5.41) is 12.8. The first kappa shape index (κ1) is 17.1. The normalized spacial score (nSPS) is 11.1. The second-order valence-corrected chi connectivity index (χ2v) is 6.42. The highest BCUT2D eigenvalue weighted by atomic mass is 35.5. The summed E-state index contributed by atoms with van der Waals surface area (Å²) in [6.45, 7) is 0. The van der Waals surface area contributed by atoms with Crippen molar-refractivity contribution in [2.24, 2.45) is 4.99 Å². The molecule has 0 heterocycles. The van der Waals surface area contributed by atoms with Gasteiger partial charge in [0.2, 0.25) is 0 Å². The third-order valence-corrected chi connectivity index (χ3v) is 4.50. The molecule has 0 saturated carbocycles. The number of aliphatic imine (C=N–C) groups is 1. The van der Waals surface area contributed by atoms with Gasteiger partial charge in [-0.05, 0) is 47.9 Å². The average molecular weight is 374 g/mol. The van der Waals surface area contributed by atoms with Crippen LogP contribution in [0.2, 0.25) is 5.02 Å². The Hall–Kier alpha value is -3.30. The summed E-state index contributed by atoms with van der Waals surface area (Å²) in [6.07, 6.45) is 1.66. The van der Waals surface area contributed by atoms with Gasteiger partial charge in [0.25, 0.3) is 0 Å². The minimum Gasteiger partial charge on any atom is -0.507 e. The van der Waals surface area contributed by atoms with Crippen LogP contribution < -0.4 is 4.74 Å². The fourth-order valence-corrected chi connectivity index (χ4v) is 2.95. The molecule has 4 aromatic rings. The fourth-order valence-electron chi connectivity index (χ4n) is 2.77. The number of phenolic OH excluding ortho intramolecular Hbond substituents is 1. The molecule has 0 spiro atoms. The lowest BCUT2D eigenvalue weighted by molar-refractivity contribution is 0.480. The molecule has 132 valence electrons. The van der Waals surface area contributed by atoms with E-state index < -0.39 is 0 Å². The number of ether oxygens (including phenoxy) is 1. The Morgan fingerprint density at radius 1 is 0.815 bits per heavy atom. The zero-order chi connectivity index (χ0) is 18.6. The van der Waals surface area contributed by atoms with Crippen LogP contribution in [0.5, 0.6) is 17.2 Å². The van der Waals surface area contributed by atoms with Crippen molar-refractivity contribution < 1.29 is 9.84 Å². The molecule has 0 aliphatic rings. The maximum atomic E-state index is 10.4. The zero-order valence-electron chi connectivity index (χ0n) is 14.3. The van der Waals surface area contributed by atoms with Gasteiger partial charge < -0.3 is 9.84 Å². The Bertz CT molecular complexity index is 1120. The molecule has 0 saturated heterocycles. The van der Waals surface area contributed by atoms with Gasteiger partial charge in [0.1, 0.15) is 17.2 Å². The van der Waals surface area contributed by atoms with Crippen LogP contribution in [-0.2, 0) is 0 Å². The summed E-state index contributed by atoms with van der Waals surface area (Å²) in [7, 11) is 0. The van der Waals surface area contributed by atoms with E-state index in [1.807, 2.05) is 78.9 Å². The van der Waals surface area contributed by atoms with Crippen molar-refractivity contribution in [2.75, 3.05) is 0 Å². The van der Waals surface area contributed by atoms with Crippen molar-refractivity contribution in [3.63, 3.8) is 0 Å². The third kappa shape index (κ3) is 3.78. The molecule has 0 atom stereocenters. The highest BCUT2D eigenvalue weighted by Gasteiger charge is 2.04. The van der Waals surface area contributed by atoms with E-state index in [9.17, 15) is 5.11 Å². The molecule has 0 bridgehead atoms. The molecule has 1 N–H and O–H groups in total. The maximum absolute atomic E-state index is 10.4. The topological polar surface area (TPSA) is 41.8 Å². The highest BCUT2D eigenvalue weighted by Crippen LogP contribution is 2.30. The molecule has 4 rings (SSSR count). The van der Waals surface area contributed by atoms with E-state index in [-0.39, 0.29) is 5.75 Å². The summed E-state index contributed by atoms with van der Waals surface area (Å²) in [4.78, 5) is 4.44. The van der Waals surface area contributed by atoms with Crippen molar-refractivity contribution in [2.45, 2.75) is 0 Å². The molecule has 27 heavy (non-hydrogen) atoms. The van der Waals surface area contributed by atoms with E-state index in [1.165, 1.54) is 0 Å². The van der Waals surface area contributed by atoms with Gasteiger partial charge in [-0.3, -0.25) is 4.99 Å². The molecule has 4 heteroatoms. The van der Waals surface area contributed by atoms with Gasteiger partial charge in [-0.15, -0.1) is 0 Å². The largest absolute Gasteiger partial charge is 0.507 e. The lowest BCUT2D eigenvalue weighted by atomic mass is 10.1. The third-order valence-electron chi connectivity index (χ3n) is 4.19. The predicted octanol–water partition coefficient (Wildman–Crippen LogP) is 6.74. The monoisotopic (exact) mass is 373 g/mol. The van der Waals surface area contributed by atoms with Crippen molar-refractivity contribution in [3.05, 3.63) is 95.5 Å². The first-order chi connectivity index (χ1) is 13.2. The molecular weight excluding hydrogens is 358 g/mol. The minimum absolute atomic E-state index is 0.232. The van der Waals surface area contributed by atoms with Gasteiger partial charge in [0.05, 0.1) is 10.7 Å². The average Bonchev–Trinajstić information content (AvgIpc) is 2.70. The second-order valence-electron chi connectivity index (χ2n) is 6.01. The van der Waals surface area contributed by atoms with Crippen molar-refractivity contribution in [1.82, 2.24) is 0 Å². The first-order valence-corrected chi connectivity index (χ1v) is 8.86. The molecule has 0 radical (unpaired) electrons. The Kier molecular flexibility index (Phi) is 4.77. The second kappa shape index (κ2) is 7.52. The number of phenols is 1. The number of halogens is 1. The first-order valence-electron chi connectivity index (χ1n) is 8.48.